The van der Waals surface area contributed by atoms with Gasteiger partial charge in [0.2, 0.25) is 5.91 Å². The zero-order valence-electron chi connectivity index (χ0n) is 18.9. The fourth-order valence-electron chi connectivity index (χ4n) is 4.17. The van der Waals surface area contributed by atoms with Crippen molar-refractivity contribution in [3.8, 4) is 11.5 Å². The third-order valence-electron chi connectivity index (χ3n) is 5.87. The summed E-state index contributed by atoms with van der Waals surface area (Å²) in [5, 5.41) is 3.78. The zero-order chi connectivity index (χ0) is 23.3. The average Bonchev–Trinajstić information content (AvgIpc) is 3.02. The molecule has 0 radical (unpaired) electrons. The molecule has 0 bridgehead atoms. The normalized spacial score (nSPS) is 17.2. The van der Waals surface area contributed by atoms with Crippen LogP contribution in [0.3, 0.4) is 0 Å². The fourth-order valence-corrected chi connectivity index (χ4v) is 5.31. The Hall–Kier alpha value is -2.32. The van der Waals surface area contributed by atoms with E-state index in [-0.39, 0.29) is 17.3 Å². The molecule has 1 fully saturated rings. The van der Waals surface area contributed by atoms with Gasteiger partial charge in [-0.2, -0.15) is 0 Å². The number of aliphatic imine (C=N–C) groups is 2. The molecule has 1 N–H and O–H groups in total. The third kappa shape index (κ3) is 5.79. The molecule has 1 heterocycles. The minimum absolute atomic E-state index is 0.133. The molecular weight excluding hydrogens is 502 g/mol. The van der Waals surface area contributed by atoms with Crippen LogP contribution in [-0.4, -0.2) is 42.3 Å². The van der Waals surface area contributed by atoms with Gasteiger partial charge in [-0.3, -0.25) is 9.79 Å². The number of nitrogens with zero attached hydrogens (tertiary/aromatic N) is 2. The van der Waals surface area contributed by atoms with E-state index in [1.54, 1.807) is 32.4 Å². The van der Waals surface area contributed by atoms with Crippen molar-refractivity contribution in [3.63, 3.8) is 0 Å². The molecule has 1 amide bonds. The minimum atomic E-state index is -0.381. The summed E-state index contributed by atoms with van der Waals surface area (Å²) in [5.74, 6) is 1.33. The molecule has 8 heteroatoms. The SMILES string of the molecule is COc1ccc(OC)c(NC(=O)CSC2=NC3(CCCCCC3)N=C2c2ccc(Br)cc2)c1. The van der Waals surface area contributed by atoms with Crippen molar-refractivity contribution in [2.75, 3.05) is 25.3 Å². The first-order valence-corrected chi connectivity index (χ1v) is 12.9. The van der Waals surface area contributed by atoms with E-state index in [0.717, 1.165) is 46.5 Å². The summed E-state index contributed by atoms with van der Waals surface area (Å²) in [4.78, 5) is 23.1. The van der Waals surface area contributed by atoms with E-state index in [0.29, 0.717) is 17.2 Å². The van der Waals surface area contributed by atoms with Gasteiger partial charge in [0.1, 0.15) is 16.5 Å². The van der Waals surface area contributed by atoms with Crippen LogP contribution in [0.5, 0.6) is 11.5 Å². The third-order valence-corrected chi connectivity index (χ3v) is 7.37. The topological polar surface area (TPSA) is 72.3 Å². The summed E-state index contributed by atoms with van der Waals surface area (Å²) in [6.07, 6.45) is 6.65. The Morgan fingerprint density at radius 3 is 2.42 bits per heavy atom. The van der Waals surface area contributed by atoms with Crippen LogP contribution >= 0.6 is 27.7 Å². The smallest absolute Gasteiger partial charge is 0.234 e. The molecule has 0 unspecified atom stereocenters. The molecule has 1 aliphatic heterocycles. The molecule has 1 saturated carbocycles. The van der Waals surface area contributed by atoms with Crippen molar-refractivity contribution in [2.24, 2.45) is 9.98 Å². The van der Waals surface area contributed by atoms with Gasteiger partial charge in [0.15, 0.2) is 5.66 Å². The van der Waals surface area contributed by atoms with Crippen LogP contribution in [0, 0.1) is 0 Å². The lowest BCUT2D eigenvalue weighted by atomic mass is 10.0. The number of carbonyl (C=O) groups is 1. The number of rotatable bonds is 6. The molecular formula is C25H28BrN3O3S. The lowest BCUT2D eigenvalue weighted by Crippen LogP contribution is -2.20. The van der Waals surface area contributed by atoms with Crippen molar-refractivity contribution in [1.29, 1.82) is 0 Å². The maximum Gasteiger partial charge on any atom is 0.234 e. The van der Waals surface area contributed by atoms with Gasteiger partial charge >= 0.3 is 0 Å². The monoisotopic (exact) mass is 529 g/mol. The highest BCUT2D eigenvalue weighted by atomic mass is 79.9. The number of amides is 1. The van der Waals surface area contributed by atoms with E-state index in [1.165, 1.54) is 24.6 Å². The van der Waals surface area contributed by atoms with Gasteiger partial charge in [-0.05, 0) is 49.9 Å². The molecule has 1 aliphatic carbocycles. The molecule has 2 aliphatic rings. The summed E-state index contributed by atoms with van der Waals surface area (Å²) in [6.45, 7) is 0. The van der Waals surface area contributed by atoms with Crippen LogP contribution in [0.2, 0.25) is 0 Å². The fraction of sp³-hybridized carbons (Fsp3) is 0.400. The maximum absolute atomic E-state index is 12.8. The Labute approximate surface area is 207 Å². The summed E-state index contributed by atoms with van der Waals surface area (Å²) in [7, 11) is 3.17. The number of ether oxygens (including phenoxy) is 2. The van der Waals surface area contributed by atoms with E-state index < -0.39 is 0 Å². The zero-order valence-corrected chi connectivity index (χ0v) is 21.3. The number of methoxy groups -OCH3 is 2. The standard InChI is InChI=1S/C25H28BrN3O3S/c1-31-19-11-12-21(32-2)20(15-19)27-22(30)16-33-24-23(17-7-9-18(26)10-8-17)28-25(29-24)13-5-3-4-6-14-25/h7-12,15H,3-6,13-14,16H2,1-2H3,(H,27,30). The highest BCUT2D eigenvalue weighted by molar-refractivity contribution is 9.10. The number of hydrogen-bond donors (Lipinski definition) is 1. The van der Waals surface area contributed by atoms with E-state index >= 15 is 0 Å². The molecule has 2 aromatic rings. The van der Waals surface area contributed by atoms with Crippen LogP contribution in [0.1, 0.15) is 44.1 Å². The molecule has 0 aromatic heterocycles. The molecule has 1 spiro atoms. The summed E-state index contributed by atoms with van der Waals surface area (Å²) < 4.78 is 11.7. The van der Waals surface area contributed by atoms with Crippen molar-refractivity contribution < 1.29 is 14.3 Å². The lowest BCUT2D eigenvalue weighted by Gasteiger charge is -2.20. The number of benzene rings is 2. The van der Waals surface area contributed by atoms with Gasteiger partial charge in [-0.15, -0.1) is 0 Å². The first-order chi connectivity index (χ1) is 16.0. The molecule has 2 aromatic carbocycles. The van der Waals surface area contributed by atoms with Gasteiger partial charge in [0.05, 0.1) is 31.4 Å². The predicted octanol–water partition coefficient (Wildman–Crippen LogP) is 6.09. The van der Waals surface area contributed by atoms with Crippen molar-refractivity contribution >= 4 is 50.0 Å². The molecule has 0 atom stereocenters. The number of hydrogen-bond acceptors (Lipinski definition) is 6. The quantitative estimate of drug-likeness (QED) is 0.491. The second-order valence-electron chi connectivity index (χ2n) is 8.18. The Kier molecular flexibility index (Phi) is 7.75. The van der Waals surface area contributed by atoms with Crippen LogP contribution in [0.25, 0.3) is 0 Å². The van der Waals surface area contributed by atoms with Crippen molar-refractivity contribution in [1.82, 2.24) is 0 Å². The van der Waals surface area contributed by atoms with Crippen LogP contribution in [-0.2, 0) is 4.79 Å². The van der Waals surface area contributed by atoms with Gasteiger partial charge in [0.25, 0.3) is 0 Å². The Balaban J connectivity index is 1.52. The molecule has 6 nitrogen and oxygen atoms in total. The van der Waals surface area contributed by atoms with E-state index in [4.69, 9.17) is 19.5 Å². The number of carbonyl (C=O) groups excluding carboxylic acids is 1. The number of halogens is 1. The highest BCUT2D eigenvalue weighted by Gasteiger charge is 2.37. The first kappa shape index (κ1) is 23.8. The van der Waals surface area contributed by atoms with Gasteiger partial charge < -0.3 is 14.8 Å². The second-order valence-corrected chi connectivity index (χ2v) is 10.1. The average molecular weight is 530 g/mol. The van der Waals surface area contributed by atoms with E-state index in [9.17, 15) is 4.79 Å². The van der Waals surface area contributed by atoms with Crippen molar-refractivity contribution in [3.05, 3.63) is 52.5 Å². The van der Waals surface area contributed by atoms with Crippen molar-refractivity contribution in [2.45, 2.75) is 44.2 Å². The van der Waals surface area contributed by atoms with E-state index in [2.05, 4.69) is 33.4 Å². The predicted molar refractivity (Wildman–Crippen MR) is 139 cm³/mol. The Morgan fingerprint density at radius 2 is 1.76 bits per heavy atom. The lowest BCUT2D eigenvalue weighted by molar-refractivity contribution is -0.113. The molecule has 4 rings (SSSR count). The minimum Gasteiger partial charge on any atom is -0.497 e. The van der Waals surface area contributed by atoms with Gasteiger partial charge in [-0.1, -0.05) is 52.7 Å². The molecule has 0 saturated heterocycles. The Bertz CT molecular complexity index is 1060. The highest BCUT2D eigenvalue weighted by Crippen LogP contribution is 2.38. The number of thioether (sulfide) groups is 1. The van der Waals surface area contributed by atoms with Gasteiger partial charge in [0, 0.05) is 16.1 Å². The summed E-state index contributed by atoms with van der Waals surface area (Å²) in [6, 6.07) is 13.5. The largest absolute Gasteiger partial charge is 0.497 e. The summed E-state index contributed by atoms with van der Waals surface area (Å²) in [5.41, 5.74) is 2.12. The van der Waals surface area contributed by atoms with Crippen LogP contribution in [0.4, 0.5) is 5.69 Å². The Morgan fingerprint density at radius 1 is 1.03 bits per heavy atom. The molecule has 33 heavy (non-hydrogen) atoms. The number of anilines is 1. The molecule has 174 valence electrons. The summed E-state index contributed by atoms with van der Waals surface area (Å²) >= 11 is 4.95. The first-order valence-electron chi connectivity index (χ1n) is 11.1. The number of nitrogens with one attached hydrogen (secondary N) is 1. The maximum atomic E-state index is 12.8. The van der Waals surface area contributed by atoms with E-state index in [1.807, 2.05) is 12.1 Å². The van der Waals surface area contributed by atoms with Gasteiger partial charge in [-0.25, -0.2) is 4.99 Å². The van der Waals surface area contributed by atoms with Crippen LogP contribution < -0.4 is 14.8 Å². The second kappa shape index (κ2) is 10.7. The van der Waals surface area contributed by atoms with Crippen LogP contribution in [0.15, 0.2) is 56.9 Å².